The number of nitrogens with one attached hydrogen (secondary N) is 2. The first-order valence-electron chi connectivity index (χ1n) is 12.2. The molecule has 2 N–H and O–H groups in total. The van der Waals surface area contributed by atoms with E-state index < -0.39 is 0 Å². The fourth-order valence-electron chi connectivity index (χ4n) is 4.45. The molecule has 1 aliphatic heterocycles. The van der Waals surface area contributed by atoms with Crippen LogP contribution in [0.1, 0.15) is 15.9 Å². The van der Waals surface area contributed by atoms with Gasteiger partial charge in [-0.15, -0.1) is 0 Å². The van der Waals surface area contributed by atoms with Crippen LogP contribution < -0.4 is 15.5 Å². The molecule has 1 fully saturated rings. The Hall–Kier alpha value is -3.68. The van der Waals surface area contributed by atoms with Crippen molar-refractivity contribution in [2.45, 2.75) is 6.92 Å². The summed E-state index contributed by atoms with van der Waals surface area (Å²) < 4.78 is 0. The molecule has 0 atom stereocenters. The largest absolute Gasteiger partial charge is 0.369 e. The second-order valence-electron chi connectivity index (χ2n) is 8.93. The number of carbonyl (C=O) groups excluding carboxylic acids is 1. The maximum atomic E-state index is 13.0. The highest BCUT2D eigenvalue weighted by Gasteiger charge is 2.18. The molecule has 0 radical (unpaired) electrons. The molecule has 4 aromatic rings. The van der Waals surface area contributed by atoms with E-state index in [9.17, 15) is 4.79 Å². The first-order chi connectivity index (χ1) is 17.6. The van der Waals surface area contributed by atoms with Gasteiger partial charge in [-0.25, -0.2) is 9.97 Å². The number of fused-ring (bicyclic) bond motifs is 1. The molecule has 1 saturated heterocycles. The number of carbonyl (C=O) groups is 1. The molecule has 0 spiro atoms. The van der Waals surface area contributed by atoms with Crippen LogP contribution in [-0.4, -0.2) is 60.0 Å². The Bertz CT molecular complexity index is 1360. The highest BCUT2D eigenvalue weighted by molar-refractivity contribution is 6.31. The summed E-state index contributed by atoms with van der Waals surface area (Å²) in [6.07, 6.45) is 1.53. The Kier molecular flexibility index (Phi) is 7.30. The zero-order chi connectivity index (χ0) is 24.9. The van der Waals surface area contributed by atoms with E-state index in [0.717, 1.165) is 54.2 Å². The molecule has 184 valence electrons. The summed E-state index contributed by atoms with van der Waals surface area (Å²) in [5.74, 6) is 0.568. The van der Waals surface area contributed by atoms with Gasteiger partial charge in [0.2, 0.25) is 0 Å². The Morgan fingerprint density at radius 3 is 2.58 bits per heavy atom. The van der Waals surface area contributed by atoms with Crippen molar-refractivity contribution in [1.29, 1.82) is 0 Å². The molecule has 5 rings (SSSR count). The van der Waals surface area contributed by atoms with Gasteiger partial charge in [0.05, 0.1) is 16.8 Å². The number of nitrogens with zero attached hydrogens (tertiary/aromatic N) is 4. The van der Waals surface area contributed by atoms with Crippen LogP contribution >= 0.6 is 11.6 Å². The number of rotatable bonds is 7. The lowest BCUT2D eigenvalue weighted by Gasteiger charge is -2.36. The number of halogens is 1. The van der Waals surface area contributed by atoms with Crippen molar-refractivity contribution in [3.05, 3.63) is 89.2 Å². The molecule has 1 aliphatic rings. The molecule has 7 nitrogen and oxygen atoms in total. The number of aryl methyl sites for hydroxylation is 1. The minimum absolute atomic E-state index is 0.107. The van der Waals surface area contributed by atoms with Gasteiger partial charge >= 0.3 is 0 Å². The third kappa shape index (κ3) is 5.42. The first kappa shape index (κ1) is 24.0. The maximum absolute atomic E-state index is 13.0. The molecule has 1 aromatic heterocycles. The molecular weight excluding hydrogens is 472 g/mol. The fraction of sp³-hybridized carbons (Fsp3) is 0.250. The van der Waals surface area contributed by atoms with Crippen molar-refractivity contribution in [2.75, 3.05) is 49.5 Å². The molecular formula is C28H29ClN6O. The van der Waals surface area contributed by atoms with Crippen molar-refractivity contribution in [3.8, 4) is 0 Å². The predicted octanol–water partition coefficient (Wildman–Crippen LogP) is 4.89. The Balaban J connectivity index is 1.16. The van der Waals surface area contributed by atoms with E-state index in [4.69, 9.17) is 11.6 Å². The molecule has 36 heavy (non-hydrogen) atoms. The van der Waals surface area contributed by atoms with E-state index in [-0.39, 0.29) is 5.91 Å². The van der Waals surface area contributed by atoms with Crippen LogP contribution in [0.4, 0.5) is 17.2 Å². The zero-order valence-corrected chi connectivity index (χ0v) is 21.0. The van der Waals surface area contributed by atoms with Gasteiger partial charge in [-0.1, -0.05) is 41.9 Å². The highest BCUT2D eigenvalue weighted by Crippen LogP contribution is 2.26. The van der Waals surface area contributed by atoms with Gasteiger partial charge in [0.25, 0.3) is 5.91 Å². The molecule has 0 bridgehead atoms. The lowest BCUT2D eigenvalue weighted by atomic mass is 10.1. The SMILES string of the molecule is Cc1ccc(N2CCN(CCNC(=O)c3ccccc3Nc3ncnc4ccccc34)CC2)cc1Cl. The van der Waals surface area contributed by atoms with E-state index in [1.165, 1.54) is 12.0 Å². The minimum Gasteiger partial charge on any atom is -0.369 e. The Labute approximate surface area is 216 Å². The van der Waals surface area contributed by atoms with Crippen LogP contribution in [0.25, 0.3) is 10.9 Å². The van der Waals surface area contributed by atoms with Gasteiger partial charge in [-0.2, -0.15) is 0 Å². The first-order valence-corrected chi connectivity index (χ1v) is 12.5. The number of para-hydroxylation sites is 2. The Morgan fingerprint density at radius 1 is 0.972 bits per heavy atom. The second kappa shape index (κ2) is 10.9. The van der Waals surface area contributed by atoms with Crippen molar-refractivity contribution in [2.24, 2.45) is 0 Å². The topological polar surface area (TPSA) is 73.4 Å². The lowest BCUT2D eigenvalue weighted by Crippen LogP contribution is -2.48. The van der Waals surface area contributed by atoms with E-state index in [2.05, 4.69) is 42.5 Å². The summed E-state index contributed by atoms with van der Waals surface area (Å²) in [4.78, 5) is 26.5. The smallest absolute Gasteiger partial charge is 0.253 e. The average molecular weight is 501 g/mol. The van der Waals surface area contributed by atoms with Crippen LogP contribution in [0.2, 0.25) is 5.02 Å². The van der Waals surface area contributed by atoms with Crippen LogP contribution in [0.3, 0.4) is 0 Å². The molecule has 0 aliphatic carbocycles. The van der Waals surface area contributed by atoms with Gasteiger partial charge in [0.15, 0.2) is 0 Å². The van der Waals surface area contributed by atoms with Crippen molar-refractivity contribution >= 4 is 45.6 Å². The van der Waals surface area contributed by atoms with Gasteiger partial charge in [0.1, 0.15) is 12.1 Å². The van der Waals surface area contributed by atoms with Gasteiger partial charge in [-0.3, -0.25) is 9.69 Å². The number of hydrogen-bond acceptors (Lipinski definition) is 6. The molecule has 2 heterocycles. The summed E-state index contributed by atoms with van der Waals surface area (Å²) in [6.45, 7) is 7.17. The van der Waals surface area contributed by atoms with E-state index >= 15 is 0 Å². The predicted molar refractivity (Wildman–Crippen MR) is 146 cm³/mol. The average Bonchev–Trinajstić information content (AvgIpc) is 2.91. The number of piperazine rings is 1. The van der Waals surface area contributed by atoms with Gasteiger partial charge in [-0.05, 0) is 48.9 Å². The second-order valence-corrected chi connectivity index (χ2v) is 9.34. The number of hydrogen-bond donors (Lipinski definition) is 2. The minimum atomic E-state index is -0.107. The molecule has 8 heteroatoms. The number of benzene rings is 3. The maximum Gasteiger partial charge on any atom is 0.253 e. The molecule has 0 unspecified atom stereocenters. The van der Waals surface area contributed by atoms with Crippen LogP contribution in [0.15, 0.2) is 73.1 Å². The fourth-order valence-corrected chi connectivity index (χ4v) is 4.63. The standard InChI is InChI=1S/C28H29ClN6O/c1-20-10-11-21(18-24(20)29)35-16-14-34(15-17-35)13-12-30-28(36)23-7-3-5-9-26(23)33-27-22-6-2-4-8-25(22)31-19-32-27/h2-11,18-19H,12-17H2,1H3,(H,30,36)(H,31,32,33). The molecule has 1 amide bonds. The van der Waals surface area contributed by atoms with Gasteiger partial charge < -0.3 is 15.5 Å². The summed E-state index contributed by atoms with van der Waals surface area (Å²) in [5.41, 5.74) is 4.41. The number of anilines is 3. The molecule has 0 saturated carbocycles. The van der Waals surface area contributed by atoms with Crippen molar-refractivity contribution < 1.29 is 4.79 Å². The summed E-state index contributed by atoms with van der Waals surface area (Å²) in [6, 6.07) is 21.5. The van der Waals surface area contributed by atoms with E-state index in [1.54, 1.807) is 0 Å². The van der Waals surface area contributed by atoms with E-state index in [0.29, 0.717) is 23.6 Å². The summed E-state index contributed by atoms with van der Waals surface area (Å²) >= 11 is 6.30. The van der Waals surface area contributed by atoms with Gasteiger partial charge in [0, 0.05) is 55.4 Å². The number of amides is 1. The third-order valence-corrected chi connectivity index (χ3v) is 6.98. The Morgan fingerprint density at radius 2 is 1.75 bits per heavy atom. The lowest BCUT2D eigenvalue weighted by molar-refractivity contribution is 0.0948. The van der Waals surface area contributed by atoms with Crippen molar-refractivity contribution in [1.82, 2.24) is 20.2 Å². The van der Waals surface area contributed by atoms with Crippen LogP contribution in [0.5, 0.6) is 0 Å². The van der Waals surface area contributed by atoms with E-state index in [1.807, 2.05) is 61.5 Å². The van der Waals surface area contributed by atoms with Crippen molar-refractivity contribution in [3.63, 3.8) is 0 Å². The quantitative estimate of drug-likeness (QED) is 0.376. The van der Waals surface area contributed by atoms with Crippen LogP contribution in [-0.2, 0) is 0 Å². The molecule has 3 aromatic carbocycles. The summed E-state index contributed by atoms with van der Waals surface area (Å²) in [5, 5.41) is 8.12. The van der Waals surface area contributed by atoms with Crippen LogP contribution in [0, 0.1) is 6.92 Å². The zero-order valence-electron chi connectivity index (χ0n) is 20.2. The number of aromatic nitrogens is 2. The normalized spacial score (nSPS) is 14.1. The third-order valence-electron chi connectivity index (χ3n) is 6.57. The highest BCUT2D eigenvalue weighted by atomic mass is 35.5. The summed E-state index contributed by atoms with van der Waals surface area (Å²) in [7, 11) is 0. The monoisotopic (exact) mass is 500 g/mol.